The Kier molecular flexibility index (Phi) is 7.58. The average molecular weight is 346 g/mol. The highest BCUT2D eigenvalue weighted by Gasteiger charge is 2.05. The highest BCUT2D eigenvalue weighted by molar-refractivity contribution is 6.04. The molecule has 132 valence electrons. The van der Waals surface area contributed by atoms with Crippen LogP contribution in [0.15, 0.2) is 42.5 Å². The maximum absolute atomic E-state index is 11.7. The van der Waals surface area contributed by atoms with Crippen LogP contribution in [0.4, 0.5) is 11.4 Å². The molecule has 0 aliphatic heterocycles. The molecule has 0 spiro atoms. The third kappa shape index (κ3) is 7.12. The number of esters is 2. The van der Waals surface area contributed by atoms with Gasteiger partial charge in [0.2, 0.25) is 11.8 Å². The first-order valence-electron chi connectivity index (χ1n) is 7.10. The van der Waals surface area contributed by atoms with Crippen LogP contribution < -0.4 is 10.6 Å². The van der Waals surface area contributed by atoms with Crippen molar-refractivity contribution in [2.45, 2.75) is 6.92 Å². The van der Waals surface area contributed by atoms with Crippen LogP contribution in [0, 0.1) is 6.92 Å². The summed E-state index contributed by atoms with van der Waals surface area (Å²) in [6, 6.07) is 4.82. The van der Waals surface area contributed by atoms with E-state index in [9.17, 15) is 19.2 Å². The first kappa shape index (κ1) is 19.6. The van der Waals surface area contributed by atoms with E-state index in [4.69, 9.17) is 0 Å². The number of amides is 2. The third-order valence-corrected chi connectivity index (χ3v) is 2.90. The second-order valence-electron chi connectivity index (χ2n) is 4.72. The van der Waals surface area contributed by atoms with E-state index in [1.165, 1.54) is 14.2 Å². The molecule has 2 amide bonds. The molecule has 0 aromatic heterocycles. The van der Waals surface area contributed by atoms with Crippen LogP contribution in [0.2, 0.25) is 0 Å². The van der Waals surface area contributed by atoms with Crippen LogP contribution in [0.3, 0.4) is 0 Å². The molecule has 0 atom stereocenters. The molecule has 1 aromatic carbocycles. The van der Waals surface area contributed by atoms with Crippen molar-refractivity contribution in [1.82, 2.24) is 0 Å². The number of carbonyl (C=O) groups is 4. The molecule has 0 aliphatic rings. The molecular weight excluding hydrogens is 328 g/mol. The van der Waals surface area contributed by atoms with Crippen molar-refractivity contribution >= 4 is 35.1 Å². The molecule has 1 rings (SSSR count). The number of hydrogen-bond donors (Lipinski definition) is 2. The molecule has 8 nitrogen and oxygen atoms in total. The standard InChI is InChI=1S/C17H18N2O6/c1-11-10-12(18-14(20)6-8-16(22)24-2)4-5-13(11)19-15(21)7-9-17(23)25-3/h4-10H,1-3H3,(H,18,20)(H,19,21)/b8-6-,9-7+. The quantitative estimate of drug-likeness (QED) is 0.594. The van der Waals surface area contributed by atoms with Gasteiger partial charge in [-0.05, 0) is 30.7 Å². The summed E-state index contributed by atoms with van der Waals surface area (Å²) in [5.41, 5.74) is 1.69. The monoisotopic (exact) mass is 346 g/mol. The topological polar surface area (TPSA) is 111 Å². The van der Waals surface area contributed by atoms with Crippen LogP contribution in [0.1, 0.15) is 5.56 Å². The van der Waals surface area contributed by atoms with E-state index in [1.54, 1.807) is 25.1 Å². The van der Waals surface area contributed by atoms with E-state index in [0.717, 1.165) is 24.3 Å². The van der Waals surface area contributed by atoms with Crippen LogP contribution in [0.25, 0.3) is 0 Å². The summed E-state index contributed by atoms with van der Waals surface area (Å²) in [4.78, 5) is 45.2. The minimum atomic E-state index is -0.635. The summed E-state index contributed by atoms with van der Waals surface area (Å²) in [5, 5.41) is 5.17. The van der Waals surface area contributed by atoms with Crippen molar-refractivity contribution < 1.29 is 28.7 Å². The summed E-state index contributed by atoms with van der Waals surface area (Å²) in [6.45, 7) is 1.74. The maximum atomic E-state index is 11.7. The second kappa shape index (κ2) is 9.66. The highest BCUT2D eigenvalue weighted by atomic mass is 16.5. The molecule has 0 aliphatic carbocycles. The zero-order chi connectivity index (χ0) is 18.8. The largest absolute Gasteiger partial charge is 0.466 e. The summed E-state index contributed by atoms with van der Waals surface area (Å²) >= 11 is 0. The second-order valence-corrected chi connectivity index (χ2v) is 4.72. The summed E-state index contributed by atoms with van der Waals surface area (Å²) in [7, 11) is 2.42. The van der Waals surface area contributed by atoms with Crippen molar-refractivity contribution in [3.63, 3.8) is 0 Å². The van der Waals surface area contributed by atoms with Crippen molar-refractivity contribution in [1.29, 1.82) is 0 Å². The van der Waals surface area contributed by atoms with E-state index >= 15 is 0 Å². The lowest BCUT2D eigenvalue weighted by molar-refractivity contribution is -0.135. The third-order valence-electron chi connectivity index (χ3n) is 2.90. The zero-order valence-electron chi connectivity index (χ0n) is 14.0. The first-order chi connectivity index (χ1) is 11.8. The average Bonchev–Trinajstić information content (AvgIpc) is 2.59. The predicted molar refractivity (Wildman–Crippen MR) is 90.8 cm³/mol. The number of nitrogens with one attached hydrogen (secondary N) is 2. The lowest BCUT2D eigenvalue weighted by Crippen LogP contribution is -2.12. The number of benzene rings is 1. The van der Waals surface area contributed by atoms with Crippen LogP contribution in [-0.2, 0) is 28.7 Å². The zero-order valence-corrected chi connectivity index (χ0v) is 14.0. The lowest BCUT2D eigenvalue weighted by atomic mass is 10.1. The number of aryl methyl sites for hydroxylation is 1. The first-order valence-corrected chi connectivity index (χ1v) is 7.10. The minimum absolute atomic E-state index is 0.486. The van der Waals surface area contributed by atoms with Gasteiger partial charge in [-0.15, -0.1) is 0 Å². The number of anilines is 2. The molecule has 0 bridgehead atoms. The molecule has 8 heteroatoms. The van der Waals surface area contributed by atoms with Crippen molar-refractivity contribution in [2.24, 2.45) is 0 Å². The van der Waals surface area contributed by atoms with Gasteiger partial charge < -0.3 is 20.1 Å². The van der Waals surface area contributed by atoms with Gasteiger partial charge in [0.25, 0.3) is 0 Å². The van der Waals surface area contributed by atoms with Gasteiger partial charge in [0.05, 0.1) is 14.2 Å². The number of carbonyl (C=O) groups excluding carboxylic acids is 4. The Balaban J connectivity index is 2.71. The fourth-order valence-corrected chi connectivity index (χ4v) is 1.66. The van der Waals surface area contributed by atoms with Gasteiger partial charge in [-0.1, -0.05) is 0 Å². The normalized spacial score (nSPS) is 10.5. The Hall–Kier alpha value is -3.42. The fourth-order valence-electron chi connectivity index (χ4n) is 1.66. The van der Waals surface area contributed by atoms with Crippen molar-refractivity contribution in [2.75, 3.05) is 24.9 Å². The Morgan fingerprint density at radius 2 is 1.36 bits per heavy atom. The smallest absolute Gasteiger partial charge is 0.330 e. The Bertz CT molecular complexity index is 737. The molecule has 1 aromatic rings. The SMILES string of the molecule is COC(=O)/C=C\C(=O)Nc1ccc(NC(=O)/C=C/C(=O)OC)c(C)c1. The van der Waals surface area contributed by atoms with Gasteiger partial charge in [-0.2, -0.15) is 0 Å². The van der Waals surface area contributed by atoms with Gasteiger partial charge >= 0.3 is 11.9 Å². The van der Waals surface area contributed by atoms with E-state index in [0.29, 0.717) is 16.9 Å². The number of hydrogen-bond acceptors (Lipinski definition) is 6. The van der Waals surface area contributed by atoms with E-state index in [-0.39, 0.29) is 0 Å². The molecular formula is C17H18N2O6. The summed E-state index contributed by atoms with van der Waals surface area (Å²) in [6.07, 6.45) is 4.12. The molecule has 0 radical (unpaired) electrons. The maximum Gasteiger partial charge on any atom is 0.330 e. The summed E-state index contributed by atoms with van der Waals surface area (Å²) < 4.78 is 8.77. The van der Waals surface area contributed by atoms with Gasteiger partial charge in [0.15, 0.2) is 0 Å². The Morgan fingerprint density at radius 3 is 1.84 bits per heavy atom. The fraction of sp³-hybridized carbons (Fsp3) is 0.176. The van der Waals surface area contributed by atoms with Crippen molar-refractivity contribution in [3.05, 3.63) is 48.1 Å². The van der Waals surface area contributed by atoms with Crippen LogP contribution in [-0.4, -0.2) is 38.0 Å². The Labute approximate surface area is 144 Å². The van der Waals surface area contributed by atoms with Crippen LogP contribution >= 0.6 is 0 Å². The molecule has 2 N–H and O–H groups in total. The van der Waals surface area contributed by atoms with Crippen molar-refractivity contribution in [3.8, 4) is 0 Å². The number of rotatable bonds is 6. The molecule has 0 unspecified atom stereocenters. The Morgan fingerprint density at radius 1 is 0.840 bits per heavy atom. The predicted octanol–water partition coefficient (Wildman–Crippen LogP) is 1.33. The van der Waals surface area contributed by atoms with Gasteiger partial charge in [0.1, 0.15) is 0 Å². The molecule has 0 fully saturated rings. The summed E-state index contributed by atoms with van der Waals surface area (Å²) in [5.74, 6) is -2.26. The van der Waals surface area contributed by atoms with E-state index in [1.807, 2.05) is 0 Å². The van der Waals surface area contributed by atoms with Crippen LogP contribution in [0.5, 0.6) is 0 Å². The van der Waals surface area contributed by atoms with Gasteiger partial charge in [-0.25, -0.2) is 9.59 Å². The lowest BCUT2D eigenvalue weighted by Gasteiger charge is -2.09. The molecule has 0 saturated heterocycles. The minimum Gasteiger partial charge on any atom is -0.466 e. The molecule has 0 heterocycles. The molecule has 0 saturated carbocycles. The van der Waals surface area contributed by atoms with Gasteiger partial charge in [0, 0.05) is 35.7 Å². The van der Waals surface area contributed by atoms with E-state index < -0.39 is 23.8 Å². The van der Waals surface area contributed by atoms with Gasteiger partial charge in [-0.3, -0.25) is 9.59 Å². The molecule has 25 heavy (non-hydrogen) atoms. The number of methoxy groups -OCH3 is 2. The number of ether oxygens (including phenoxy) is 2. The van der Waals surface area contributed by atoms with E-state index in [2.05, 4.69) is 20.1 Å². The highest BCUT2D eigenvalue weighted by Crippen LogP contribution is 2.19.